The van der Waals surface area contributed by atoms with Crippen molar-refractivity contribution in [3.63, 3.8) is 0 Å². The van der Waals surface area contributed by atoms with Gasteiger partial charge in [-0.25, -0.2) is 4.90 Å². The summed E-state index contributed by atoms with van der Waals surface area (Å²) in [5.41, 5.74) is 3.06. The summed E-state index contributed by atoms with van der Waals surface area (Å²) in [7, 11) is 0. The third kappa shape index (κ3) is 3.91. The van der Waals surface area contributed by atoms with Crippen LogP contribution in [0.25, 0.3) is 0 Å². The van der Waals surface area contributed by atoms with Crippen LogP contribution in [0.3, 0.4) is 0 Å². The Labute approximate surface area is 182 Å². The molecule has 0 N–H and O–H groups in total. The molecule has 3 aliphatic rings. The highest BCUT2D eigenvalue weighted by molar-refractivity contribution is 6.22. The average Bonchev–Trinajstić information content (AvgIpc) is 3.38. The quantitative estimate of drug-likeness (QED) is 0.691. The zero-order valence-electron chi connectivity index (χ0n) is 17.8. The molecule has 7 nitrogen and oxygen atoms in total. The molecular weight excluding hydrogens is 394 g/mol. The number of imide groups is 1. The van der Waals surface area contributed by atoms with Crippen molar-refractivity contribution in [1.29, 1.82) is 0 Å². The third-order valence-corrected chi connectivity index (χ3v) is 6.42. The van der Waals surface area contributed by atoms with E-state index in [0.29, 0.717) is 5.69 Å². The number of aryl methyl sites for hydroxylation is 1. The van der Waals surface area contributed by atoms with Crippen molar-refractivity contribution in [2.75, 3.05) is 37.9 Å². The lowest BCUT2D eigenvalue weighted by Crippen LogP contribution is -2.52. The standard InChI is InChI=1S/C24H27N3O4/c1-2-17-3-6-19(7-4-17)27-23(28)14-20(24(27)29)26-11-9-25(10-12-26)15-18-5-8-21-22(13-18)31-16-30-21/h3-8,13,20H,2,9-12,14-16H2,1H3/t20-/m0/s1. The number of anilines is 1. The van der Waals surface area contributed by atoms with E-state index < -0.39 is 0 Å². The Morgan fingerprint density at radius 3 is 2.35 bits per heavy atom. The SMILES string of the molecule is CCc1ccc(N2C(=O)C[C@H](N3CCN(Cc4ccc5c(c4)OCO5)CC3)C2=O)cc1. The van der Waals surface area contributed by atoms with Crippen molar-refractivity contribution >= 4 is 17.5 Å². The Morgan fingerprint density at radius 2 is 1.61 bits per heavy atom. The number of amides is 2. The van der Waals surface area contributed by atoms with E-state index in [1.807, 2.05) is 36.4 Å². The summed E-state index contributed by atoms with van der Waals surface area (Å²) in [6.45, 7) is 6.47. The first-order chi connectivity index (χ1) is 15.1. The Morgan fingerprint density at radius 1 is 0.903 bits per heavy atom. The van der Waals surface area contributed by atoms with Crippen molar-refractivity contribution in [2.45, 2.75) is 32.4 Å². The second-order valence-electron chi connectivity index (χ2n) is 8.31. The number of piperazine rings is 1. The summed E-state index contributed by atoms with van der Waals surface area (Å²) in [6.07, 6.45) is 1.19. The van der Waals surface area contributed by atoms with Crippen LogP contribution >= 0.6 is 0 Å². The van der Waals surface area contributed by atoms with E-state index in [1.165, 1.54) is 16.0 Å². The van der Waals surface area contributed by atoms with Crippen molar-refractivity contribution < 1.29 is 19.1 Å². The number of benzene rings is 2. The molecule has 0 unspecified atom stereocenters. The number of fused-ring (bicyclic) bond motifs is 1. The van der Waals surface area contributed by atoms with Crippen LogP contribution in [0.5, 0.6) is 11.5 Å². The number of rotatable bonds is 5. The molecular formula is C24H27N3O4. The molecule has 0 saturated carbocycles. The maximum absolute atomic E-state index is 13.1. The van der Waals surface area contributed by atoms with Crippen molar-refractivity contribution in [1.82, 2.24) is 9.80 Å². The number of nitrogens with zero attached hydrogens (tertiary/aromatic N) is 3. The Balaban J connectivity index is 1.19. The minimum Gasteiger partial charge on any atom is -0.454 e. The Bertz CT molecular complexity index is 983. The smallest absolute Gasteiger partial charge is 0.251 e. The fraction of sp³-hybridized carbons (Fsp3) is 0.417. The summed E-state index contributed by atoms with van der Waals surface area (Å²) in [4.78, 5) is 31.6. The summed E-state index contributed by atoms with van der Waals surface area (Å²) < 4.78 is 10.9. The van der Waals surface area contributed by atoms with E-state index in [0.717, 1.165) is 50.6 Å². The zero-order valence-corrected chi connectivity index (χ0v) is 17.8. The first-order valence-electron chi connectivity index (χ1n) is 10.9. The molecule has 7 heteroatoms. The van der Waals surface area contributed by atoms with E-state index in [1.54, 1.807) is 0 Å². The topological polar surface area (TPSA) is 62.3 Å². The van der Waals surface area contributed by atoms with E-state index in [-0.39, 0.29) is 31.1 Å². The van der Waals surface area contributed by atoms with Gasteiger partial charge < -0.3 is 9.47 Å². The molecule has 0 aromatic heterocycles. The number of hydrogen-bond acceptors (Lipinski definition) is 6. The first-order valence-corrected chi connectivity index (χ1v) is 10.9. The number of carbonyl (C=O) groups is 2. The summed E-state index contributed by atoms with van der Waals surface area (Å²) >= 11 is 0. The minimum atomic E-state index is -0.356. The molecule has 2 aromatic carbocycles. The van der Waals surface area contributed by atoms with E-state index in [4.69, 9.17) is 9.47 Å². The van der Waals surface area contributed by atoms with Crippen molar-refractivity contribution in [2.24, 2.45) is 0 Å². The average molecular weight is 421 g/mol. The molecule has 0 aliphatic carbocycles. The molecule has 5 rings (SSSR count). The highest BCUT2D eigenvalue weighted by Gasteiger charge is 2.43. The molecule has 2 saturated heterocycles. The van der Waals surface area contributed by atoms with Crippen LogP contribution in [0.4, 0.5) is 5.69 Å². The lowest BCUT2D eigenvalue weighted by Gasteiger charge is -2.37. The Hall–Kier alpha value is -2.90. The molecule has 0 radical (unpaired) electrons. The van der Waals surface area contributed by atoms with Crippen molar-refractivity contribution in [3.8, 4) is 11.5 Å². The number of carbonyl (C=O) groups excluding carboxylic acids is 2. The number of ether oxygens (including phenoxy) is 2. The first kappa shape index (κ1) is 20.0. The van der Waals surface area contributed by atoms with Crippen LogP contribution < -0.4 is 14.4 Å². The second kappa shape index (κ2) is 8.32. The molecule has 2 aromatic rings. The monoisotopic (exact) mass is 421 g/mol. The van der Waals surface area contributed by atoms with Crippen LogP contribution in [0.1, 0.15) is 24.5 Å². The van der Waals surface area contributed by atoms with Gasteiger partial charge >= 0.3 is 0 Å². The van der Waals surface area contributed by atoms with Crippen LogP contribution in [-0.4, -0.2) is 60.6 Å². The fourth-order valence-corrected chi connectivity index (χ4v) is 4.58. The van der Waals surface area contributed by atoms with Crippen molar-refractivity contribution in [3.05, 3.63) is 53.6 Å². The summed E-state index contributed by atoms with van der Waals surface area (Å²) in [6, 6.07) is 13.4. The van der Waals surface area contributed by atoms with E-state index >= 15 is 0 Å². The lowest BCUT2D eigenvalue weighted by atomic mass is 10.1. The summed E-state index contributed by atoms with van der Waals surface area (Å²) in [5, 5.41) is 0. The van der Waals surface area contributed by atoms with Gasteiger partial charge in [0.05, 0.1) is 18.2 Å². The molecule has 3 aliphatic heterocycles. The predicted octanol–water partition coefficient (Wildman–Crippen LogP) is 2.43. The van der Waals surface area contributed by atoms with Gasteiger partial charge in [0.25, 0.3) is 5.91 Å². The second-order valence-corrected chi connectivity index (χ2v) is 8.31. The molecule has 2 fully saturated rings. The maximum atomic E-state index is 13.1. The van der Waals surface area contributed by atoms with Gasteiger partial charge in [0, 0.05) is 32.7 Å². The molecule has 2 amide bonds. The van der Waals surface area contributed by atoms with Gasteiger partial charge in [-0.05, 0) is 41.8 Å². The zero-order chi connectivity index (χ0) is 21.4. The predicted molar refractivity (Wildman–Crippen MR) is 116 cm³/mol. The largest absolute Gasteiger partial charge is 0.454 e. The Kier molecular flexibility index (Phi) is 5.38. The summed E-state index contributed by atoms with van der Waals surface area (Å²) in [5.74, 6) is 1.39. The van der Waals surface area contributed by atoms with Gasteiger partial charge in [-0.2, -0.15) is 0 Å². The van der Waals surface area contributed by atoms with Crippen LogP contribution in [0.2, 0.25) is 0 Å². The fourth-order valence-electron chi connectivity index (χ4n) is 4.58. The van der Waals surface area contributed by atoms with Crippen LogP contribution in [-0.2, 0) is 22.6 Å². The van der Waals surface area contributed by atoms with E-state index in [9.17, 15) is 9.59 Å². The molecule has 31 heavy (non-hydrogen) atoms. The molecule has 3 heterocycles. The van der Waals surface area contributed by atoms with Gasteiger partial charge in [0.15, 0.2) is 11.5 Å². The van der Waals surface area contributed by atoms with Gasteiger partial charge in [-0.1, -0.05) is 25.1 Å². The maximum Gasteiger partial charge on any atom is 0.251 e. The molecule has 162 valence electrons. The van der Waals surface area contributed by atoms with Crippen LogP contribution in [0, 0.1) is 0 Å². The minimum absolute atomic E-state index is 0.0986. The highest BCUT2D eigenvalue weighted by Crippen LogP contribution is 2.33. The lowest BCUT2D eigenvalue weighted by molar-refractivity contribution is -0.123. The van der Waals surface area contributed by atoms with Crippen LogP contribution in [0.15, 0.2) is 42.5 Å². The number of hydrogen-bond donors (Lipinski definition) is 0. The highest BCUT2D eigenvalue weighted by atomic mass is 16.7. The van der Waals surface area contributed by atoms with Gasteiger partial charge in [0.2, 0.25) is 12.7 Å². The van der Waals surface area contributed by atoms with Gasteiger partial charge in [0.1, 0.15) is 0 Å². The van der Waals surface area contributed by atoms with E-state index in [2.05, 4.69) is 22.8 Å². The van der Waals surface area contributed by atoms with Gasteiger partial charge in [-0.3, -0.25) is 19.4 Å². The van der Waals surface area contributed by atoms with Gasteiger partial charge in [-0.15, -0.1) is 0 Å². The molecule has 1 atom stereocenters. The third-order valence-electron chi connectivity index (χ3n) is 6.42. The molecule has 0 spiro atoms. The molecule has 0 bridgehead atoms. The normalized spacial score (nSPS) is 21.8.